The van der Waals surface area contributed by atoms with Gasteiger partial charge >= 0.3 is 0 Å². The van der Waals surface area contributed by atoms with E-state index in [1.165, 1.54) is 18.3 Å². The van der Waals surface area contributed by atoms with Gasteiger partial charge in [-0.05, 0) is 42.5 Å². The van der Waals surface area contributed by atoms with Crippen molar-refractivity contribution in [2.24, 2.45) is 0 Å². The number of carbonyl (C=O) groups is 1. The first-order valence-electron chi connectivity index (χ1n) is 8.47. The Hall–Kier alpha value is -3.32. The van der Waals surface area contributed by atoms with Gasteiger partial charge in [-0.2, -0.15) is 0 Å². The van der Waals surface area contributed by atoms with Gasteiger partial charge in [0, 0.05) is 17.4 Å². The number of aromatic nitrogens is 1. The molecule has 6 nitrogen and oxygen atoms in total. The van der Waals surface area contributed by atoms with Gasteiger partial charge in [-0.3, -0.25) is 4.79 Å². The van der Waals surface area contributed by atoms with Crippen molar-refractivity contribution in [3.8, 4) is 11.5 Å². The Kier molecular flexibility index (Phi) is 4.99. The van der Waals surface area contributed by atoms with Crippen LogP contribution >= 0.6 is 11.6 Å². The third-order valence-corrected chi connectivity index (χ3v) is 4.29. The smallest absolute Gasteiger partial charge is 0.274 e. The number of nitrogens with one attached hydrogen (secondary N) is 2. The maximum atomic E-state index is 13.2. The molecule has 142 valence electrons. The molecule has 4 rings (SSSR count). The Balaban J connectivity index is 1.43. The van der Waals surface area contributed by atoms with Gasteiger partial charge < -0.3 is 20.1 Å². The molecule has 1 amide bonds. The molecule has 0 aliphatic carbocycles. The second kappa shape index (κ2) is 7.74. The fourth-order valence-electron chi connectivity index (χ4n) is 2.66. The zero-order chi connectivity index (χ0) is 19.5. The van der Waals surface area contributed by atoms with Crippen LogP contribution in [0, 0.1) is 5.82 Å². The summed E-state index contributed by atoms with van der Waals surface area (Å²) in [4.78, 5) is 16.6. The number of ether oxygens (including phenoxy) is 2. The average molecular weight is 400 g/mol. The van der Waals surface area contributed by atoms with Gasteiger partial charge in [-0.25, -0.2) is 9.37 Å². The fourth-order valence-corrected chi connectivity index (χ4v) is 2.84. The van der Waals surface area contributed by atoms with Gasteiger partial charge in [0.25, 0.3) is 5.91 Å². The molecule has 8 heteroatoms. The first kappa shape index (κ1) is 18.1. The van der Waals surface area contributed by atoms with Crippen LogP contribution < -0.4 is 20.1 Å². The summed E-state index contributed by atoms with van der Waals surface area (Å²) in [7, 11) is 0. The number of rotatable bonds is 4. The second-order valence-corrected chi connectivity index (χ2v) is 6.41. The number of pyridine rings is 1. The molecule has 3 aromatic rings. The molecule has 0 radical (unpaired) electrons. The van der Waals surface area contributed by atoms with E-state index < -0.39 is 5.82 Å². The summed E-state index contributed by atoms with van der Waals surface area (Å²) in [5.41, 5.74) is 2.08. The van der Waals surface area contributed by atoms with Gasteiger partial charge in [-0.1, -0.05) is 11.6 Å². The number of amides is 1. The quantitative estimate of drug-likeness (QED) is 0.668. The largest absolute Gasteiger partial charge is 0.486 e. The minimum absolute atomic E-state index is 0.0217. The lowest BCUT2D eigenvalue weighted by Crippen LogP contribution is -2.17. The Morgan fingerprint density at radius 3 is 2.46 bits per heavy atom. The van der Waals surface area contributed by atoms with Crippen molar-refractivity contribution in [3.05, 3.63) is 71.3 Å². The minimum atomic E-state index is -0.489. The van der Waals surface area contributed by atoms with Crippen molar-refractivity contribution < 1.29 is 18.7 Å². The van der Waals surface area contributed by atoms with Crippen molar-refractivity contribution in [2.45, 2.75) is 0 Å². The van der Waals surface area contributed by atoms with Gasteiger partial charge in [0.1, 0.15) is 24.7 Å². The second-order valence-electron chi connectivity index (χ2n) is 6.00. The van der Waals surface area contributed by atoms with Crippen LogP contribution in [0.4, 0.5) is 21.5 Å². The Labute approximate surface area is 165 Å². The molecule has 0 fully saturated rings. The molecule has 2 aromatic carbocycles. The van der Waals surface area contributed by atoms with E-state index in [0.29, 0.717) is 41.8 Å². The highest BCUT2D eigenvalue weighted by atomic mass is 35.5. The number of fused-ring (bicyclic) bond motifs is 1. The van der Waals surface area contributed by atoms with Crippen LogP contribution in [0.1, 0.15) is 10.5 Å². The standard InChI is InChI=1S/C20H15ClFN3O3/c21-15-9-12(1-4-16(15)22)24-14-2-5-17(23-11-14)20(26)25-13-3-6-18-19(10-13)28-8-7-27-18/h1-6,9-11,24H,7-8H2,(H,25,26). The number of anilines is 3. The van der Waals surface area contributed by atoms with E-state index in [2.05, 4.69) is 15.6 Å². The van der Waals surface area contributed by atoms with E-state index in [1.54, 1.807) is 36.4 Å². The molecule has 2 N–H and O–H groups in total. The maximum absolute atomic E-state index is 13.2. The van der Waals surface area contributed by atoms with Crippen molar-refractivity contribution in [3.63, 3.8) is 0 Å². The lowest BCUT2D eigenvalue weighted by Gasteiger charge is -2.19. The first-order valence-corrected chi connectivity index (χ1v) is 8.85. The molecule has 0 saturated heterocycles. The highest BCUT2D eigenvalue weighted by Gasteiger charge is 2.14. The third-order valence-electron chi connectivity index (χ3n) is 4.00. The zero-order valence-corrected chi connectivity index (χ0v) is 15.3. The molecule has 0 spiro atoms. The van der Waals surface area contributed by atoms with Crippen LogP contribution in [0.15, 0.2) is 54.7 Å². The van der Waals surface area contributed by atoms with E-state index in [0.717, 1.165) is 0 Å². The van der Waals surface area contributed by atoms with Crippen LogP contribution in [-0.2, 0) is 0 Å². The summed E-state index contributed by atoms with van der Waals surface area (Å²) in [5, 5.41) is 5.84. The van der Waals surface area contributed by atoms with E-state index in [-0.39, 0.29) is 16.6 Å². The summed E-state index contributed by atoms with van der Waals surface area (Å²) in [5.74, 6) is 0.401. The number of carbonyl (C=O) groups excluding carboxylic acids is 1. The average Bonchev–Trinajstić information content (AvgIpc) is 2.71. The predicted molar refractivity (Wildman–Crippen MR) is 104 cm³/mol. The molecule has 0 bridgehead atoms. The van der Waals surface area contributed by atoms with Crippen LogP contribution in [0.25, 0.3) is 0 Å². The van der Waals surface area contributed by atoms with Crippen molar-refractivity contribution in [2.75, 3.05) is 23.8 Å². The molecule has 0 unspecified atom stereocenters. The first-order chi connectivity index (χ1) is 13.6. The van der Waals surface area contributed by atoms with Gasteiger partial charge in [-0.15, -0.1) is 0 Å². The monoisotopic (exact) mass is 399 g/mol. The van der Waals surface area contributed by atoms with E-state index in [9.17, 15) is 9.18 Å². The molecule has 1 aliphatic heterocycles. The Morgan fingerprint density at radius 2 is 1.71 bits per heavy atom. The van der Waals surface area contributed by atoms with Gasteiger partial charge in [0.15, 0.2) is 11.5 Å². The van der Waals surface area contributed by atoms with Gasteiger partial charge in [0.05, 0.1) is 16.9 Å². The van der Waals surface area contributed by atoms with Crippen LogP contribution in [0.5, 0.6) is 11.5 Å². The highest BCUT2D eigenvalue weighted by molar-refractivity contribution is 6.31. The van der Waals surface area contributed by atoms with Crippen LogP contribution in [0.2, 0.25) is 5.02 Å². The molecular formula is C20H15ClFN3O3. The fraction of sp³-hybridized carbons (Fsp3) is 0.100. The Morgan fingerprint density at radius 1 is 0.964 bits per heavy atom. The molecule has 1 aliphatic rings. The number of hydrogen-bond acceptors (Lipinski definition) is 5. The summed E-state index contributed by atoms with van der Waals surface area (Å²) < 4.78 is 24.2. The summed E-state index contributed by atoms with van der Waals surface area (Å²) in [6, 6.07) is 12.8. The molecule has 0 saturated carbocycles. The SMILES string of the molecule is O=C(Nc1ccc2c(c1)OCCO2)c1ccc(Nc2ccc(F)c(Cl)c2)cn1. The maximum Gasteiger partial charge on any atom is 0.274 e. The number of hydrogen-bond donors (Lipinski definition) is 2. The number of halogens is 2. The minimum Gasteiger partial charge on any atom is -0.486 e. The van der Waals surface area contributed by atoms with Crippen LogP contribution in [0.3, 0.4) is 0 Å². The van der Waals surface area contributed by atoms with E-state index in [4.69, 9.17) is 21.1 Å². The Bertz CT molecular complexity index is 1030. The summed E-state index contributed by atoms with van der Waals surface area (Å²) in [6.45, 7) is 0.979. The molecular weight excluding hydrogens is 385 g/mol. The predicted octanol–water partition coefficient (Wildman–Crippen LogP) is 4.64. The lowest BCUT2D eigenvalue weighted by molar-refractivity contribution is 0.102. The van der Waals surface area contributed by atoms with Crippen molar-refractivity contribution >= 4 is 34.6 Å². The van der Waals surface area contributed by atoms with E-state index >= 15 is 0 Å². The lowest BCUT2D eigenvalue weighted by atomic mass is 10.2. The van der Waals surface area contributed by atoms with E-state index in [1.807, 2.05) is 0 Å². The number of benzene rings is 2. The van der Waals surface area contributed by atoms with Gasteiger partial charge in [0.2, 0.25) is 0 Å². The zero-order valence-electron chi connectivity index (χ0n) is 14.5. The molecule has 28 heavy (non-hydrogen) atoms. The summed E-state index contributed by atoms with van der Waals surface area (Å²) >= 11 is 5.77. The number of nitrogens with zero attached hydrogens (tertiary/aromatic N) is 1. The molecule has 2 heterocycles. The molecule has 1 aromatic heterocycles. The normalized spacial score (nSPS) is 12.4. The molecule has 0 atom stereocenters. The third kappa shape index (κ3) is 3.99. The highest BCUT2D eigenvalue weighted by Crippen LogP contribution is 2.32. The summed E-state index contributed by atoms with van der Waals surface area (Å²) in [6.07, 6.45) is 1.51. The topological polar surface area (TPSA) is 72.5 Å². The van der Waals surface area contributed by atoms with Crippen molar-refractivity contribution in [1.29, 1.82) is 0 Å². The van der Waals surface area contributed by atoms with Crippen LogP contribution in [-0.4, -0.2) is 24.1 Å². The van der Waals surface area contributed by atoms with Crippen molar-refractivity contribution in [1.82, 2.24) is 4.98 Å².